The van der Waals surface area contributed by atoms with Gasteiger partial charge in [-0.2, -0.15) is 10.2 Å². The summed E-state index contributed by atoms with van der Waals surface area (Å²) in [6, 6.07) is 7.66. The molecule has 114 valence electrons. The SMILES string of the molecule is Cc1cc(CC(C)NC(=O)c2ccc(-c3ccn[nH]3)s2)n[nH]1. The zero-order valence-corrected chi connectivity index (χ0v) is 13.2. The van der Waals surface area contributed by atoms with Crippen molar-refractivity contribution in [1.29, 1.82) is 0 Å². The van der Waals surface area contributed by atoms with Crippen LogP contribution in [0.5, 0.6) is 0 Å². The third-order valence-electron chi connectivity index (χ3n) is 3.25. The number of carbonyl (C=O) groups excluding carboxylic acids is 1. The number of nitrogens with zero attached hydrogens (tertiary/aromatic N) is 2. The molecule has 0 spiro atoms. The number of H-pyrrole nitrogens is 2. The highest BCUT2D eigenvalue weighted by Gasteiger charge is 2.14. The van der Waals surface area contributed by atoms with Crippen LogP contribution in [-0.4, -0.2) is 32.3 Å². The van der Waals surface area contributed by atoms with Crippen LogP contribution in [0, 0.1) is 6.92 Å². The zero-order chi connectivity index (χ0) is 15.5. The zero-order valence-electron chi connectivity index (χ0n) is 12.4. The largest absolute Gasteiger partial charge is 0.348 e. The molecule has 3 N–H and O–H groups in total. The number of carbonyl (C=O) groups is 1. The Hall–Kier alpha value is -2.41. The number of hydrogen-bond donors (Lipinski definition) is 3. The summed E-state index contributed by atoms with van der Waals surface area (Å²) >= 11 is 1.45. The van der Waals surface area contributed by atoms with Gasteiger partial charge in [0, 0.05) is 24.4 Å². The predicted molar refractivity (Wildman–Crippen MR) is 85.9 cm³/mol. The normalized spacial score (nSPS) is 12.3. The fourth-order valence-corrected chi connectivity index (χ4v) is 3.12. The molecule has 0 saturated carbocycles. The van der Waals surface area contributed by atoms with Gasteiger partial charge in [0.2, 0.25) is 0 Å². The molecule has 6 nitrogen and oxygen atoms in total. The van der Waals surface area contributed by atoms with E-state index < -0.39 is 0 Å². The lowest BCUT2D eigenvalue weighted by Crippen LogP contribution is -2.33. The minimum absolute atomic E-state index is 0.0212. The van der Waals surface area contributed by atoms with Crippen molar-refractivity contribution in [2.45, 2.75) is 26.3 Å². The summed E-state index contributed by atoms with van der Waals surface area (Å²) in [6.07, 6.45) is 2.40. The van der Waals surface area contributed by atoms with Crippen molar-refractivity contribution >= 4 is 17.2 Å². The first kappa shape index (κ1) is 14.5. The minimum atomic E-state index is -0.0597. The van der Waals surface area contributed by atoms with E-state index in [2.05, 4.69) is 25.7 Å². The molecule has 1 atom stereocenters. The highest BCUT2D eigenvalue weighted by Crippen LogP contribution is 2.26. The van der Waals surface area contributed by atoms with Crippen LogP contribution < -0.4 is 5.32 Å². The Bertz CT molecular complexity index is 759. The maximum absolute atomic E-state index is 12.3. The molecule has 7 heteroatoms. The van der Waals surface area contributed by atoms with E-state index in [1.807, 2.05) is 38.1 Å². The molecular weight excluding hydrogens is 298 g/mol. The lowest BCUT2D eigenvalue weighted by atomic mass is 10.2. The molecule has 3 aromatic heterocycles. The third-order valence-corrected chi connectivity index (χ3v) is 4.37. The maximum Gasteiger partial charge on any atom is 0.261 e. The fraction of sp³-hybridized carbons (Fsp3) is 0.267. The van der Waals surface area contributed by atoms with Crippen LogP contribution in [0.3, 0.4) is 0 Å². The van der Waals surface area contributed by atoms with Crippen LogP contribution in [0.1, 0.15) is 28.0 Å². The Kier molecular flexibility index (Phi) is 4.06. The van der Waals surface area contributed by atoms with E-state index in [4.69, 9.17) is 0 Å². The van der Waals surface area contributed by atoms with Gasteiger partial charge in [-0.3, -0.25) is 15.0 Å². The molecule has 1 unspecified atom stereocenters. The lowest BCUT2D eigenvalue weighted by Gasteiger charge is -2.11. The summed E-state index contributed by atoms with van der Waals surface area (Å²) < 4.78 is 0. The topological polar surface area (TPSA) is 86.5 Å². The van der Waals surface area contributed by atoms with Crippen LogP contribution in [0.25, 0.3) is 10.6 Å². The van der Waals surface area contributed by atoms with Crippen LogP contribution in [0.2, 0.25) is 0 Å². The Morgan fingerprint density at radius 3 is 2.91 bits per heavy atom. The molecule has 0 radical (unpaired) electrons. The molecule has 3 heterocycles. The van der Waals surface area contributed by atoms with E-state index in [1.165, 1.54) is 11.3 Å². The van der Waals surface area contributed by atoms with E-state index >= 15 is 0 Å². The second-order valence-electron chi connectivity index (χ2n) is 5.26. The van der Waals surface area contributed by atoms with Crippen molar-refractivity contribution < 1.29 is 4.79 Å². The van der Waals surface area contributed by atoms with Crippen molar-refractivity contribution in [1.82, 2.24) is 25.7 Å². The number of amides is 1. The molecular formula is C15H17N5OS. The average molecular weight is 315 g/mol. The van der Waals surface area contributed by atoms with Gasteiger partial charge in [0.15, 0.2) is 0 Å². The molecule has 0 aliphatic carbocycles. The fourth-order valence-electron chi connectivity index (χ4n) is 2.24. The van der Waals surface area contributed by atoms with Crippen LogP contribution >= 0.6 is 11.3 Å². The van der Waals surface area contributed by atoms with Gasteiger partial charge in [0.25, 0.3) is 5.91 Å². The molecule has 0 aromatic carbocycles. The van der Waals surface area contributed by atoms with Gasteiger partial charge >= 0.3 is 0 Å². The van der Waals surface area contributed by atoms with Crippen LogP contribution in [-0.2, 0) is 6.42 Å². The van der Waals surface area contributed by atoms with Gasteiger partial charge in [0.1, 0.15) is 0 Å². The summed E-state index contributed by atoms with van der Waals surface area (Å²) in [6.45, 7) is 3.94. The van der Waals surface area contributed by atoms with Crippen LogP contribution in [0.4, 0.5) is 0 Å². The quantitative estimate of drug-likeness (QED) is 0.676. The highest BCUT2D eigenvalue weighted by atomic mass is 32.1. The van der Waals surface area contributed by atoms with E-state index in [0.717, 1.165) is 22.0 Å². The Labute approximate surface area is 132 Å². The number of aryl methyl sites for hydroxylation is 1. The van der Waals surface area contributed by atoms with E-state index in [-0.39, 0.29) is 11.9 Å². The molecule has 0 saturated heterocycles. The van der Waals surface area contributed by atoms with Gasteiger partial charge in [-0.15, -0.1) is 11.3 Å². The van der Waals surface area contributed by atoms with Gasteiger partial charge < -0.3 is 5.32 Å². The van der Waals surface area contributed by atoms with Gasteiger partial charge in [0.05, 0.1) is 21.1 Å². The smallest absolute Gasteiger partial charge is 0.261 e. The number of rotatable bonds is 5. The number of aromatic amines is 2. The van der Waals surface area contributed by atoms with Gasteiger partial charge in [-0.1, -0.05) is 0 Å². The Morgan fingerprint density at radius 2 is 2.23 bits per heavy atom. The first-order valence-corrected chi connectivity index (χ1v) is 7.85. The molecule has 0 aliphatic heterocycles. The van der Waals surface area contributed by atoms with E-state index in [0.29, 0.717) is 11.3 Å². The Morgan fingerprint density at radius 1 is 1.36 bits per heavy atom. The maximum atomic E-state index is 12.3. The number of hydrogen-bond acceptors (Lipinski definition) is 4. The molecule has 3 rings (SSSR count). The first-order valence-electron chi connectivity index (χ1n) is 7.03. The number of thiophene rings is 1. The summed E-state index contributed by atoms with van der Waals surface area (Å²) in [7, 11) is 0. The number of nitrogens with one attached hydrogen (secondary N) is 3. The van der Waals surface area contributed by atoms with Crippen molar-refractivity contribution in [2.24, 2.45) is 0 Å². The van der Waals surface area contributed by atoms with E-state index in [1.54, 1.807) is 6.20 Å². The molecule has 0 bridgehead atoms. The van der Waals surface area contributed by atoms with Crippen molar-refractivity contribution in [2.75, 3.05) is 0 Å². The first-order chi connectivity index (χ1) is 10.6. The Balaban J connectivity index is 1.62. The van der Waals surface area contributed by atoms with Crippen molar-refractivity contribution in [3.05, 3.63) is 46.7 Å². The second kappa shape index (κ2) is 6.15. The molecule has 22 heavy (non-hydrogen) atoms. The van der Waals surface area contributed by atoms with Crippen LogP contribution in [0.15, 0.2) is 30.5 Å². The summed E-state index contributed by atoms with van der Waals surface area (Å²) in [5.41, 5.74) is 2.90. The number of aromatic nitrogens is 4. The third kappa shape index (κ3) is 3.25. The van der Waals surface area contributed by atoms with E-state index in [9.17, 15) is 4.79 Å². The van der Waals surface area contributed by atoms with Gasteiger partial charge in [-0.25, -0.2) is 0 Å². The molecule has 3 aromatic rings. The average Bonchev–Trinajstić information content (AvgIpc) is 3.18. The molecule has 1 amide bonds. The summed E-state index contributed by atoms with van der Waals surface area (Å²) in [5, 5.41) is 16.9. The summed E-state index contributed by atoms with van der Waals surface area (Å²) in [4.78, 5) is 14.0. The van der Waals surface area contributed by atoms with Crippen molar-refractivity contribution in [3.8, 4) is 10.6 Å². The molecule has 0 fully saturated rings. The standard InChI is InChI=1S/C15H17N5OS/c1-9(7-11-8-10(2)18-19-11)17-15(21)14-4-3-13(22-14)12-5-6-16-20-12/h3-6,8-9H,7H2,1-2H3,(H,16,20)(H,17,21)(H,18,19). The molecule has 0 aliphatic rings. The second-order valence-corrected chi connectivity index (χ2v) is 6.34. The lowest BCUT2D eigenvalue weighted by molar-refractivity contribution is 0.0944. The minimum Gasteiger partial charge on any atom is -0.348 e. The predicted octanol–water partition coefficient (Wildman–Crippen LogP) is 2.53. The highest BCUT2D eigenvalue weighted by molar-refractivity contribution is 7.17. The van der Waals surface area contributed by atoms with Crippen molar-refractivity contribution in [3.63, 3.8) is 0 Å². The summed E-state index contributed by atoms with van der Waals surface area (Å²) in [5.74, 6) is -0.0597. The van der Waals surface area contributed by atoms with Gasteiger partial charge in [-0.05, 0) is 38.1 Å². The monoisotopic (exact) mass is 315 g/mol.